The molecule has 2 heterocycles. The minimum Gasteiger partial charge on any atom is -0.303 e. The SMILES string of the molecule is CC1CCN(CCC(c2ccccc2)N2C(=O)c3ccccc3S2(=O)=O)CC1. The molecule has 0 radical (unpaired) electrons. The van der Waals surface area contributed by atoms with E-state index in [-0.39, 0.29) is 10.5 Å². The highest BCUT2D eigenvalue weighted by Gasteiger charge is 2.45. The molecule has 6 heteroatoms. The van der Waals surface area contributed by atoms with Crippen LogP contribution in [0.5, 0.6) is 0 Å². The minimum atomic E-state index is -3.84. The van der Waals surface area contributed by atoms with Gasteiger partial charge in [0.05, 0.1) is 11.6 Å². The van der Waals surface area contributed by atoms with Gasteiger partial charge in [-0.3, -0.25) is 4.79 Å². The van der Waals surface area contributed by atoms with Gasteiger partial charge in [-0.25, -0.2) is 12.7 Å². The number of hydrogen-bond acceptors (Lipinski definition) is 4. The summed E-state index contributed by atoms with van der Waals surface area (Å²) in [4.78, 5) is 15.6. The smallest absolute Gasteiger partial charge is 0.269 e. The second-order valence-electron chi connectivity index (χ2n) is 7.84. The lowest BCUT2D eigenvalue weighted by molar-refractivity contribution is 0.0814. The molecular weight excluding hydrogens is 372 g/mol. The van der Waals surface area contributed by atoms with Crippen LogP contribution in [0.1, 0.15) is 48.1 Å². The van der Waals surface area contributed by atoms with Gasteiger partial charge in [0, 0.05) is 6.54 Å². The van der Waals surface area contributed by atoms with E-state index in [1.54, 1.807) is 18.2 Å². The average molecular weight is 399 g/mol. The molecule has 0 bridgehead atoms. The van der Waals surface area contributed by atoms with Crippen molar-refractivity contribution in [1.82, 2.24) is 9.21 Å². The second-order valence-corrected chi connectivity index (χ2v) is 9.62. The van der Waals surface area contributed by atoms with Crippen molar-refractivity contribution in [2.45, 2.75) is 37.1 Å². The summed E-state index contributed by atoms with van der Waals surface area (Å²) >= 11 is 0. The first-order valence-corrected chi connectivity index (χ1v) is 11.4. The van der Waals surface area contributed by atoms with Gasteiger partial charge < -0.3 is 4.90 Å². The molecule has 2 aliphatic heterocycles. The van der Waals surface area contributed by atoms with Gasteiger partial charge in [0.2, 0.25) is 0 Å². The highest BCUT2D eigenvalue weighted by atomic mass is 32.2. The number of rotatable bonds is 5. The fourth-order valence-corrected chi connectivity index (χ4v) is 5.97. The average Bonchev–Trinajstić information content (AvgIpc) is 2.91. The molecule has 0 aromatic heterocycles. The van der Waals surface area contributed by atoms with Gasteiger partial charge in [0.25, 0.3) is 15.9 Å². The predicted molar refractivity (Wildman–Crippen MR) is 108 cm³/mol. The molecule has 28 heavy (non-hydrogen) atoms. The summed E-state index contributed by atoms with van der Waals surface area (Å²) in [7, 11) is -3.84. The lowest BCUT2D eigenvalue weighted by atomic mass is 9.98. The van der Waals surface area contributed by atoms with E-state index < -0.39 is 22.0 Å². The van der Waals surface area contributed by atoms with Crippen LogP contribution in [0.25, 0.3) is 0 Å². The number of benzene rings is 2. The number of hydrogen-bond donors (Lipinski definition) is 0. The second kappa shape index (κ2) is 7.68. The number of carbonyl (C=O) groups is 1. The molecule has 0 spiro atoms. The Labute approximate surface area is 167 Å². The van der Waals surface area contributed by atoms with Crippen molar-refractivity contribution in [1.29, 1.82) is 0 Å². The number of likely N-dealkylation sites (tertiary alicyclic amines) is 1. The van der Waals surface area contributed by atoms with Gasteiger partial charge in [-0.1, -0.05) is 49.4 Å². The summed E-state index contributed by atoms with van der Waals surface area (Å²) in [5.41, 5.74) is 1.13. The van der Waals surface area contributed by atoms with Crippen LogP contribution in [0.4, 0.5) is 0 Å². The van der Waals surface area contributed by atoms with E-state index in [1.165, 1.54) is 18.9 Å². The summed E-state index contributed by atoms with van der Waals surface area (Å²) in [5.74, 6) is 0.327. The molecule has 1 fully saturated rings. The Morgan fingerprint density at radius 1 is 1.00 bits per heavy atom. The Balaban J connectivity index is 1.64. The third kappa shape index (κ3) is 3.47. The molecule has 2 aromatic rings. The first-order valence-electron chi connectivity index (χ1n) is 9.93. The molecule has 0 N–H and O–H groups in total. The predicted octanol–water partition coefficient (Wildman–Crippen LogP) is 3.69. The van der Waals surface area contributed by atoms with Crippen molar-refractivity contribution in [3.8, 4) is 0 Å². The van der Waals surface area contributed by atoms with Crippen molar-refractivity contribution < 1.29 is 13.2 Å². The molecule has 0 saturated carbocycles. The molecule has 5 nitrogen and oxygen atoms in total. The standard InChI is InChI=1S/C22H26N2O3S/c1-17-11-14-23(15-12-17)16-13-20(18-7-3-2-4-8-18)24-22(25)19-9-5-6-10-21(19)28(24,26)27/h2-10,17,20H,11-16H2,1H3. The zero-order chi connectivity index (χ0) is 19.7. The van der Waals surface area contributed by atoms with E-state index in [4.69, 9.17) is 0 Å². The summed E-state index contributed by atoms with van der Waals surface area (Å²) in [5, 5.41) is 0. The molecule has 1 atom stereocenters. The Kier molecular flexibility index (Phi) is 5.25. The Morgan fingerprint density at radius 3 is 2.32 bits per heavy atom. The van der Waals surface area contributed by atoms with Crippen molar-refractivity contribution >= 4 is 15.9 Å². The Bertz CT molecular complexity index is 951. The Morgan fingerprint density at radius 2 is 1.64 bits per heavy atom. The Hall–Kier alpha value is -2.18. The third-order valence-electron chi connectivity index (χ3n) is 5.92. The van der Waals surface area contributed by atoms with Crippen molar-refractivity contribution in [3.63, 3.8) is 0 Å². The van der Waals surface area contributed by atoms with E-state index in [9.17, 15) is 13.2 Å². The van der Waals surface area contributed by atoms with Crippen LogP contribution >= 0.6 is 0 Å². The van der Waals surface area contributed by atoms with Gasteiger partial charge in [-0.2, -0.15) is 0 Å². The van der Waals surface area contributed by atoms with Gasteiger partial charge >= 0.3 is 0 Å². The van der Waals surface area contributed by atoms with Crippen molar-refractivity contribution in [3.05, 3.63) is 65.7 Å². The maximum atomic E-state index is 13.2. The largest absolute Gasteiger partial charge is 0.303 e. The van der Waals surface area contributed by atoms with E-state index in [2.05, 4.69) is 11.8 Å². The number of sulfonamides is 1. The summed E-state index contributed by atoms with van der Waals surface area (Å²) in [6, 6.07) is 15.5. The minimum absolute atomic E-state index is 0.118. The zero-order valence-electron chi connectivity index (χ0n) is 16.1. The van der Waals surface area contributed by atoms with Crippen LogP contribution < -0.4 is 0 Å². The van der Waals surface area contributed by atoms with Crippen LogP contribution in [-0.4, -0.2) is 43.2 Å². The quantitative estimate of drug-likeness (QED) is 0.771. The zero-order valence-corrected chi connectivity index (χ0v) is 16.9. The van der Waals surface area contributed by atoms with Gasteiger partial charge in [0.1, 0.15) is 4.90 Å². The normalized spacial score (nSPS) is 20.9. The highest BCUT2D eigenvalue weighted by molar-refractivity contribution is 7.90. The number of piperidine rings is 1. The fraction of sp³-hybridized carbons (Fsp3) is 0.409. The summed E-state index contributed by atoms with van der Waals surface area (Å²) in [6.45, 7) is 5.12. The third-order valence-corrected chi connectivity index (χ3v) is 7.77. The first kappa shape index (κ1) is 19.2. The van der Waals surface area contributed by atoms with Crippen molar-refractivity contribution in [2.24, 2.45) is 5.92 Å². The van der Waals surface area contributed by atoms with E-state index >= 15 is 0 Å². The molecule has 4 rings (SSSR count). The molecule has 1 unspecified atom stereocenters. The number of amides is 1. The van der Waals surface area contributed by atoms with Crippen LogP contribution in [0.3, 0.4) is 0 Å². The molecule has 2 aliphatic rings. The van der Waals surface area contributed by atoms with E-state index in [0.29, 0.717) is 6.42 Å². The van der Waals surface area contributed by atoms with Crippen molar-refractivity contribution in [2.75, 3.05) is 19.6 Å². The molecule has 1 saturated heterocycles. The first-order chi connectivity index (χ1) is 13.5. The van der Waals surface area contributed by atoms with Gasteiger partial charge in [-0.05, 0) is 56.0 Å². The number of fused-ring (bicyclic) bond motifs is 1. The number of nitrogens with zero attached hydrogens (tertiary/aromatic N) is 2. The molecule has 2 aromatic carbocycles. The van der Waals surface area contributed by atoms with Gasteiger partial charge in [-0.15, -0.1) is 0 Å². The van der Waals surface area contributed by atoms with E-state index in [0.717, 1.165) is 35.4 Å². The topological polar surface area (TPSA) is 57.7 Å². The number of carbonyl (C=O) groups excluding carboxylic acids is 1. The van der Waals surface area contributed by atoms with Gasteiger partial charge in [0.15, 0.2) is 0 Å². The van der Waals surface area contributed by atoms with Crippen LogP contribution in [-0.2, 0) is 10.0 Å². The van der Waals surface area contributed by atoms with Crippen LogP contribution in [0.2, 0.25) is 0 Å². The molecule has 1 amide bonds. The maximum Gasteiger partial charge on any atom is 0.269 e. The monoisotopic (exact) mass is 398 g/mol. The summed E-state index contributed by atoms with van der Waals surface area (Å²) in [6.07, 6.45) is 2.93. The molecular formula is C22H26N2O3S. The fourth-order valence-electron chi connectivity index (χ4n) is 4.20. The van der Waals surface area contributed by atoms with Crippen LogP contribution in [0, 0.1) is 5.92 Å². The lowest BCUT2D eigenvalue weighted by Crippen LogP contribution is -2.38. The highest BCUT2D eigenvalue weighted by Crippen LogP contribution is 2.38. The molecule has 0 aliphatic carbocycles. The summed E-state index contributed by atoms with van der Waals surface area (Å²) < 4.78 is 27.5. The van der Waals surface area contributed by atoms with E-state index in [1.807, 2.05) is 30.3 Å². The van der Waals surface area contributed by atoms with Crippen LogP contribution in [0.15, 0.2) is 59.5 Å². The maximum absolute atomic E-state index is 13.2. The lowest BCUT2D eigenvalue weighted by Gasteiger charge is -2.33. The molecule has 148 valence electrons.